The van der Waals surface area contributed by atoms with Gasteiger partial charge in [0.1, 0.15) is 11.9 Å². The van der Waals surface area contributed by atoms with Crippen LogP contribution in [0.5, 0.6) is 0 Å². The van der Waals surface area contributed by atoms with Gasteiger partial charge in [-0.3, -0.25) is 0 Å². The number of anilines is 1. The summed E-state index contributed by atoms with van der Waals surface area (Å²) in [5, 5.41) is 9.02. The third kappa shape index (κ3) is 3.98. The quantitative estimate of drug-likeness (QED) is 0.483. The fraction of sp³-hybridized carbons (Fsp3) is 0.375. The number of nitriles is 1. The van der Waals surface area contributed by atoms with Gasteiger partial charge in [0.05, 0.1) is 6.61 Å². The monoisotopic (exact) mass is 303 g/mol. The lowest BCUT2D eigenvalue weighted by molar-refractivity contribution is -0.138. The van der Waals surface area contributed by atoms with Crippen LogP contribution < -0.4 is 4.90 Å². The average Bonchev–Trinajstić information content (AvgIpc) is 2.54. The van der Waals surface area contributed by atoms with E-state index in [9.17, 15) is 9.18 Å². The summed E-state index contributed by atoms with van der Waals surface area (Å²) in [6.07, 6.45) is 1.56. The first-order valence-electron chi connectivity index (χ1n) is 7.17. The van der Waals surface area contributed by atoms with Crippen molar-refractivity contribution in [1.82, 2.24) is 4.90 Å². The van der Waals surface area contributed by atoms with E-state index in [0.29, 0.717) is 13.1 Å². The maximum Gasteiger partial charge on any atom is 0.350 e. The first-order valence-corrected chi connectivity index (χ1v) is 7.17. The Kier molecular flexibility index (Phi) is 5.37. The van der Waals surface area contributed by atoms with Crippen LogP contribution >= 0.6 is 0 Å². The fourth-order valence-electron chi connectivity index (χ4n) is 2.28. The highest BCUT2D eigenvalue weighted by atomic mass is 19.1. The summed E-state index contributed by atoms with van der Waals surface area (Å²) in [7, 11) is 0. The SMILES string of the molecule is CCOC(=O)/C(C#N)=C/N1CCN(c2ccc(F)cc2)CC1. The molecule has 6 heteroatoms. The molecule has 22 heavy (non-hydrogen) atoms. The van der Waals surface area contributed by atoms with Crippen LogP contribution in [0.3, 0.4) is 0 Å². The predicted octanol–water partition coefficient (Wildman–Crippen LogP) is 1.92. The van der Waals surface area contributed by atoms with Crippen LogP contribution in [0.25, 0.3) is 0 Å². The van der Waals surface area contributed by atoms with Gasteiger partial charge in [-0.15, -0.1) is 0 Å². The van der Waals surface area contributed by atoms with Gasteiger partial charge < -0.3 is 14.5 Å². The second-order valence-electron chi connectivity index (χ2n) is 4.87. The zero-order chi connectivity index (χ0) is 15.9. The van der Waals surface area contributed by atoms with Crippen molar-refractivity contribution in [2.45, 2.75) is 6.92 Å². The topological polar surface area (TPSA) is 56.6 Å². The minimum atomic E-state index is -0.592. The summed E-state index contributed by atoms with van der Waals surface area (Å²) < 4.78 is 17.8. The molecule has 0 atom stereocenters. The summed E-state index contributed by atoms with van der Waals surface area (Å²) in [4.78, 5) is 15.6. The molecule has 0 radical (unpaired) electrons. The maximum absolute atomic E-state index is 12.9. The van der Waals surface area contributed by atoms with Gasteiger partial charge in [0.2, 0.25) is 0 Å². The summed E-state index contributed by atoms with van der Waals surface area (Å²) in [5.74, 6) is -0.843. The molecule has 0 amide bonds. The van der Waals surface area contributed by atoms with Crippen LogP contribution in [0, 0.1) is 17.1 Å². The number of piperazine rings is 1. The lowest BCUT2D eigenvalue weighted by atomic mass is 10.2. The third-order valence-corrected chi connectivity index (χ3v) is 3.43. The maximum atomic E-state index is 12.9. The van der Waals surface area contributed by atoms with Crippen LogP contribution in [-0.4, -0.2) is 43.7 Å². The molecule has 0 unspecified atom stereocenters. The van der Waals surface area contributed by atoms with Crippen molar-refractivity contribution in [3.05, 3.63) is 41.9 Å². The second kappa shape index (κ2) is 7.46. The zero-order valence-corrected chi connectivity index (χ0v) is 12.5. The Morgan fingerprint density at radius 3 is 2.50 bits per heavy atom. The van der Waals surface area contributed by atoms with Crippen molar-refractivity contribution in [2.24, 2.45) is 0 Å². The van der Waals surface area contributed by atoms with Gasteiger partial charge in [0, 0.05) is 38.1 Å². The lowest BCUT2D eigenvalue weighted by Crippen LogP contribution is -2.44. The molecule has 0 bridgehead atoms. The largest absolute Gasteiger partial charge is 0.462 e. The molecule has 0 aromatic heterocycles. The first-order chi connectivity index (χ1) is 10.6. The molecule has 1 heterocycles. The third-order valence-electron chi connectivity index (χ3n) is 3.43. The molecule has 1 aliphatic heterocycles. The van der Waals surface area contributed by atoms with E-state index in [2.05, 4.69) is 4.90 Å². The van der Waals surface area contributed by atoms with Crippen molar-refractivity contribution in [3.63, 3.8) is 0 Å². The Morgan fingerprint density at radius 2 is 1.95 bits per heavy atom. The molecule has 1 aromatic carbocycles. The molecule has 116 valence electrons. The van der Waals surface area contributed by atoms with Crippen molar-refractivity contribution in [2.75, 3.05) is 37.7 Å². The minimum absolute atomic E-state index is 0.0112. The van der Waals surface area contributed by atoms with Crippen LogP contribution in [0.2, 0.25) is 0 Å². The molecule has 0 N–H and O–H groups in total. The van der Waals surface area contributed by atoms with E-state index in [4.69, 9.17) is 10.00 Å². The molecule has 0 saturated carbocycles. The Balaban J connectivity index is 1.95. The van der Waals surface area contributed by atoms with Crippen molar-refractivity contribution in [1.29, 1.82) is 5.26 Å². The second-order valence-corrected chi connectivity index (χ2v) is 4.87. The molecule has 2 rings (SSSR count). The molecule has 1 aliphatic rings. The number of carbonyl (C=O) groups excluding carboxylic acids is 1. The van der Waals surface area contributed by atoms with Crippen LogP contribution in [0.4, 0.5) is 10.1 Å². The van der Waals surface area contributed by atoms with Gasteiger partial charge in [-0.2, -0.15) is 5.26 Å². The van der Waals surface area contributed by atoms with E-state index in [-0.39, 0.29) is 18.0 Å². The van der Waals surface area contributed by atoms with Crippen LogP contribution in [0.1, 0.15) is 6.92 Å². The van der Waals surface area contributed by atoms with Gasteiger partial charge in [-0.1, -0.05) is 0 Å². The van der Waals surface area contributed by atoms with Gasteiger partial charge in [0.25, 0.3) is 0 Å². The predicted molar refractivity (Wildman–Crippen MR) is 80.5 cm³/mol. The number of nitrogens with zero attached hydrogens (tertiary/aromatic N) is 3. The zero-order valence-electron chi connectivity index (χ0n) is 12.5. The number of hydrogen-bond acceptors (Lipinski definition) is 5. The summed E-state index contributed by atoms with van der Waals surface area (Å²) >= 11 is 0. The Labute approximate surface area is 129 Å². The van der Waals surface area contributed by atoms with E-state index < -0.39 is 5.97 Å². The highest BCUT2D eigenvalue weighted by Gasteiger charge is 2.18. The van der Waals surface area contributed by atoms with E-state index in [1.807, 2.05) is 11.0 Å². The fourth-order valence-corrected chi connectivity index (χ4v) is 2.28. The lowest BCUT2D eigenvalue weighted by Gasteiger charge is -2.35. The average molecular weight is 303 g/mol. The normalized spacial score (nSPS) is 15.4. The molecule has 0 spiro atoms. The van der Waals surface area contributed by atoms with Crippen LogP contribution in [0.15, 0.2) is 36.0 Å². The molecular weight excluding hydrogens is 285 g/mol. The van der Waals surface area contributed by atoms with Crippen molar-refractivity contribution >= 4 is 11.7 Å². The van der Waals surface area contributed by atoms with Gasteiger partial charge in [-0.25, -0.2) is 9.18 Å². The van der Waals surface area contributed by atoms with E-state index in [1.165, 1.54) is 12.1 Å². The van der Waals surface area contributed by atoms with E-state index >= 15 is 0 Å². The van der Waals surface area contributed by atoms with Crippen LogP contribution in [-0.2, 0) is 9.53 Å². The van der Waals surface area contributed by atoms with Crippen molar-refractivity contribution in [3.8, 4) is 6.07 Å². The number of ether oxygens (including phenoxy) is 1. The van der Waals surface area contributed by atoms with Gasteiger partial charge in [0.15, 0.2) is 5.57 Å². The Morgan fingerprint density at radius 1 is 1.32 bits per heavy atom. The Hall–Kier alpha value is -2.55. The number of halogens is 1. The molecule has 1 aromatic rings. The molecule has 1 saturated heterocycles. The van der Waals surface area contributed by atoms with E-state index in [0.717, 1.165) is 18.8 Å². The van der Waals surface area contributed by atoms with Gasteiger partial charge >= 0.3 is 5.97 Å². The molecule has 0 aliphatic carbocycles. The highest BCUT2D eigenvalue weighted by Crippen LogP contribution is 2.17. The molecular formula is C16H18FN3O2. The molecule has 5 nitrogen and oxygen atoms in total. The molecule has 1 fully saturated rings. The number of benzene rings is 1. The first kappa shape index (κ1) is 15.8. The summed E-state index contributed by atoms with van der Waals surface area (Å²) in [6.45, 7) is 4.79. The minimum Gasteiger partial charge on any atom is -0.462 e. The number of hydrogen-bond donors (Lipinski definition) is 0. The van der Waals surface area contributed by atoms with Crippen molar-refractivity contribution < 1.29 is 13.9 Å². The van der Waals surface area contributed by atoms with E-state index in [1.54, 1.807) is 25.3 Å². The number of rotatable bonds is 4. The highest BCUT2D eigenvalue weighted by molar-refractivity contribution is 5.92. The van der Waals surface area contributed by atoms with Gasteiger partial charge in [-0.05, 0) is 31.2 Å². The Bertz CT molecular complexity index is 584. The summed E-state index contributed by atoms with van der Waals surface area (Å²) in [5.41, 5.74) is 0.980. The number of esters is 1. The summed E-state index contributed by atoms with van der Waals surface area (Å²) in [6, 6.07) is 8.25. The standard InChI is InChI=1S/C16H18FN3O2/c1-2-22-16(21)13(11-18)12-19-7-9-20(10-8-19)15-5-3-14(17)4-6-15/h3-6,12H,2,7-10H2,1H3/b13-12+. The number of carbonyl (C=O) groups is 1. The smallest absolute Gasteiger partial charge is 0.350 e.